The van der Waals surface area contributed by atoms with Crippen molar-refractivity contribution in [2.75, 3.05) is 5.32 Å². The van der Waals surface area contributed by atoms with Gasteiger partial charge in [0.15, 0.2) is 0 Å². The SMILES string of the molecule is O=C(/C=C/c1cccc2ccccc12)Nc1cccc(-c2ccc(=O)[nH]n2)c1. The van der Waals surface area contributed by atoms with Gasteiger partial charge in [0.1, 0.15) is 0 Å². The Morgan fingerprint density at radius 3 is 2.61 bits per heavy atom. The molecule has 2 N–H and O–H groups in total. The largest absolute Gasteiger partial charge is 0.322 e. The standard InChI is InChI=1S/C23H17N3O2/c27-22(13-11-17-7-3-6-16-5-1-2-10-20(16)17)24-19-9-4-8-18(15-19)21-12-14-23(28)26-25-21/h1-15H,(H,24,27)(H,26,28)/b13-11+. The number of aromatic nitrogens is 2. The molecule has 0 saturated heterocycles. The lowest BCUT2D eigenvalue weighted by atomic mass is 10.0. The van der Waals surface area contributed by atoms with E-state index < -0.39 is 0 Å². The number of aromatic amines is 1. The van der Waals surface area contributed by atoms with Crippen LogP contribution in [0, 0.1) is 0 Å². The quantitative estimate of drug-likeness (QED) is 0.530. The zero-order valence-electron chi connectivity index (χ0n) is 14.9. The fraction of sp³-hybridized carbons (Fsp3) is 0. The van der Waals surface area contributed by atoms with E-state index >= 15 is 0 Å². The number of nitrogens with zero attached hydrogens (tertiary/aromatic N) is 1. The van der Waals surface area contributed by atoms with Gasteiger partial charge in [0.25, 0.3) is 5.56 Å². The summed E-state index contributed by atoms with van der Waals surface area (Å²) in [5.74, 6) is -0.223. The van der Waals surface area contributed by atoms with E-state index in [4.69, 9.17) is 0 Å². The summed E-state index contributed by atoms with van der Waals surface area (Å²) in [5, 5.41) is 11.5. The second kappa shape index (κ2) is 7.72. The molecule has 1 amide bonds. The van der Waals surface area contributed by atoms with Crippen molar-refractivity contribution in [2.45, 2.75) is 0 Å². The maximum absolute atomic E-state index is 12.4. The topological polar surface area (TPSA) is 74.8 Å². The number of hydrogen-bond donors (Lipinski definition) is 2. The average Bonchev–Trinajstić information content (AvgIpc) is 2.73. The van der Waals surface area contributed by atoms with Gasteiger partial charge in [0, 0.05) is 23.4 Å². The van der Waals surface area contributed by atoms with Crippen molar-refractivity contribution >= 4 is 28.4 Å². The van der Waals surface area contributed by atoms with E-state index in [-0.39, 0.29) is 11.5 Å². The van der Waals surface area contributed by atoms with Gasteiger partial charge < -0.3 is 5.32 Å². The molecular formula is C23H17N3O2. The monoisotopic (exact) mass is 367 g/mol. The van der Waals surface area contributed by atoms with Gasteiger partial charge >= 0.3 is 0 Å². The van der Waals surface area contributed by atoms with Crippen molar-refractivity contribution in [1.82, 2.24) is 10.2 Å². The van der Waals surface area contributed by atoms with Crippen LogP contribution in [-0.4, -0.2) is 16.1 Å². The smallest absolute Gasteiger partial charge is 0.264 e. The third-order valence-corrected chi connectivity index (χ3v) is 4.34. The number of anilines is 1. The highest BCUT2D eigenvalue weighted by atomic mass is 16.1. The minimum Gasteiger partial charge on any atom is -0.322 e. The molecule has 0 aliphatic rings. The molecule has 3 aromatic carbocycles. The number of carbonyl (C=O) groups excluding carboxylic acids is 1. The summed E-state index contributed by atoms with van der Waals surface area (Å²) in [4.78, 5) is 23.5. The number of carbonyl (C=O) groups is 1. The van der Waals surface area contributed by atoms with Crippen molar-refractivity contribution < 1.29 is 4.79 Å². The van der Waals surface area contributed by atoms with Gasteiger partial charge in [-0.3, -0.25) is 9.59 Å². The zero-order chi connectivity index (χ0) is 19.3. The van der Waals surface area contributed by atoms with Crippen molar-refractivity contribution in [3.05, 3.63) is 101 Å². The highest BCUT2D eigenvalue weighted by Gasteiger charge is 2.04. The Morgan fingerprint density at radius 2 is 1.75 bits per heavy atom. The summed E-state index contributed by atoms with van der Waals surface area (Å²) in [5.41, 5.74) is 2.80. The van der Waals surface area contributed by atoms with Crippen LogP contribution in [-0.2, 0) is 4.79 Å². The molecule has 136 valence electrons. The molecule has 1 aromatic heterocycles. The predicted octanol–water partition coefficient (Wildman–Crippen LogP) is 4.24. The van der Waals surface area contributed by atoms with Gasteiger partial charge in [-0.25, -0.2) is 5.10 Å². The van der Waals surface area contributed by atoms with Crippen LogP contribution < -0.4 is 10.9 Å². The molecule has 5 nitrogen and oxygen atoms in total. The second-order valence-electron chi connectivity index (χ2n) is 6.28. The summed E-state index contributed by atoms with van der Waals surface area (Å²) >= 11 is 0. The Bertz CT molecular complexity index is 1220. The summed E-state index contributed by atoms with van der Waals surface area (Å²) in [6.07, 6.45) is 3.33. The normalized spacial score (nSPS) is 11.0. The van der Waals surface area contributed by atoms with E-state index in [1.165, 1.54) is 12.1 Å². The van der Waals surface area contributed by atoms with Crippen LogP contribution in [0.25, 0.3) is 28.1 Å². The Labute approximate surface area is 161 Å². The van der Waals surface area contributed by atoms with Crippen molar-refractivity contribution in [3.8, 4) is 11.3 Å². The van der Waals surface area contributed by atoms with Crippen molar-refractivity contribution in [2.24, 2.45) is 0 Å². The predicted molar refractivity (Wildman–Crippen MR) is 112 cm³/mol. The zero-order valence-corrected chi connectivity index (χ0v) is 14.9. The molecular weight excluding hydrogens is 350 g/mol. The van der Waals surface area contributed by atoms with Gasteiger partial charge in [-0.15, -0.1) is 0 Å². The third kappa shape index (κ3) is 3.88. The Balaban J connectivity index is 1.52. The van der Waals surface area contributed by atoms with Crippen LogP contribution in [0.5, 0.6) is 0 Å². The number of benzene rings is 3. The van der Waals surface area contributed by atoms with Crippen LogP contribution >= 0.6 is 0 Å². The molecule has 0 bridgehead atoms. The number of fused-ring (bicyclic) bond motifs is 1. The molecule has 4 aromatic rings. The van der Waals surface area contributed by atoms with E-state index in [9.17, 15) is 9.59 Å². The van der Waals surface area contributed by atoms with E-state index in [2.05, 4.69) is 15.5 Å². The molecule has 4 rings (SSSR count). The molecule has 0 aliphatic heterocycles. The van der Waals surface area contributed by atoms with Gasteiger partial charge in [0.2, 0.25) is 5.91 Å². The summed E-state index contributed by atoms with van der Waals surface area (Å²) in [6.45, 7) is 0. The van der Waals surface area contributed by atoms with Gasteiger partial charge in [0.05, 0.1) is 5.69 Å². The van der Waals surface area contributed by atoms with Crippen LogP contribution in [0.4, 0.5) is 5.69 Å². The third-order valence-electron chi connectivity index (χ3n) is 4.34. The van der Waals surface area contributed by atoms with Crippen LogP contribution in [0.2, 0.25) is 0 Å². The lowest BCUT2D eigenvalue weighted by Gasteiger charge is -2.05. The lowest BCUT2D eigenvalue weighted by Crippen LogP contribution is -2.08. The highest BCUT2D eigenvalue weighted by molar-refractivity contribution is 6.03. The van der Waals surface area contributed by atoms with E-state index in [1.54, 1.807) is 12.1 Å². The van der Waals surface area contributed by atoms with Gasteiger partial charge in [-0.05, 0) is 40.6 Å². The summed E-state index contributed by atoms with van der Waals surface area (Å²) in [6, 6.07) is 24.4. The van der Waals surface area contributed by atoms with Crippen molar-refractivity contribution in [1.29, 1.82) is 0 Å². The first-order chi connectivity index (χ1) is 13.7. The van der Waals surface area contributed by atoms with E-state index in [1.807, 2.05) is 66.7 Å². The van der Waals surface area contributed by atoms with E-state index in [0.717, 1.165) is 21.9 Å². The fourth-order valence-electron chi connectivity index (χ4n) is 3.01. The summed E-state index contributed by atoms with van der Waals surface area (Å²) in [7, 11) is 0. The minimum atomic E-state index is -0.258. The van der Waals surface area contributed by atoms with Crippen LogP contribution in [0.3, 0.4) is 0 Å². The first kappa shape index (κ1) is 17.4. The highest BCUT2D eigenvalue weighted by Crippen LogP contribution is 2.21. The molecule has 0 fully saturated rings. The number of H-pyrrole nitrogens is 1. The molecule has 0 saturated carbocycles. The van der Waals surface area contributed by atoms with Crippen LogP contribution in [0.1, 0.15) is 5.56 Å². The molecule has 28 heavy (non-hydrogen) atoms. The first-order valence-corrected chi connectivity index (χ1v) is 8.82. The molecule has 1 heterocycles. The molecule has 0 spiro atoms. The molecule has 0 unspecified atom stereocenters. The fourth-order valence-corrected chi connectivity index (χ4v) is 3.01. The maximum Gasteiger partial charge on any atom is 0.264 e. The minimum absolute atomic E-state index is 0.223. The summed E-state index contributed by atoms with van der Waals surface area (Å²) < 4.78 is 0. The van der Waals surface area contributed by atoms with Crippen LogP contribution in [0.15, 0.2) is 89.7 Å². The van der Waals surface area contributed by atoms with Gasteiger partial charge in [-0.2, -0.15) is 5.10 Å². The van der Waals surface area contributed by atoms with Crippen molar-refractivity contribution in [3.63, 3.8) is 0 Å². The Kier molecular flexibility index (Phi) is 4.80. The average molecular weight is 367 g/mol. The molecule has 0 aliphatic carbocycles. The van der Waals surface area contributed by atoms with E-state index in [0.29, 0.717) is 11.4 Å². The number of amides is 1. The molecule has 5 heteroatoms. The molecule has 0 atom stereocenters. The number of nitrogens with one attached hydrogen (secondary N) is 2. The Hall–Kier alpha value is -3.99. The first-order valence-electron chi connectivity index (χ1n) is 8.82. The number of rotatable bonds is 4. The van der Waals surface area contributed by atoms with Gasteiger partial charge in [-0.1, -0.05) is 54.6 Å². The second-order valence-corrected chi connectivity index (χ2v) is 6.28. The lowest BCUT2D eigenvalue weighted by molar-refractivity contribution is -0.111. The molecule has 0 radical (unpaired) electrons. The number of hydrogen-bond acceptors (Lipinski definition) is 3. The maximum atomic E-state index is 12.4. The Morgan fingerprint density at radius 1 is 0.929 bits per heavy atom.